The number of rotatable bonds is 72. The molecule has 0 saturated carbocycles. The van der Waals surface area contributed by atoms with E-state index >= 15 is 0 Å². The van der Waals surface area contributed by atoms with Crippen LogP contribution in [0.5, 0.6) is 0 Å². The second-order valence-electron chi connectivity index (χ2n) is 27.4. The van der Waals surface area contributed by atoms with Gasteiger partial charge in [0.2, 0.25) is 0 Å². The van der Waals surface area contributed by atoms with E-state index < -0.39 is 24.4 Å². The second-order valence-corrected chi connectivity index (χ2v) is 27.4. The number of ether oxygens (including phenoxy) is 4. The summed E-state index contributed by atoms with van der Waals surface area (Å²) in [6.07, 6.45) is 80.4. The summed E-state index contributed by atoms with van der Waals surface area (Å²) in [6.45, 7) is 7.07. The lowest BCUT2D eigenvalue weighted by Crippen LogP contribution is -2.21. The molecule has 0 spiro atoms. The lowest BCUT2D eigenvalue weighted by atomic mass is 10.1. The van der Waals surface area contributed by atoms with Crippen molar-refractivity contribution in [2.45, 2.75) is 412 Å². The van der Waals surface area contributed by atoms with Gasteiger partial charge in [-0.05, 0) is 128 Å². The van der Waals surface area contributed by atoms with Gasteiger partial charge >= 0.3 is 23.9 Å². The number of unbranched alkanes of at least 4 members (excludes halogenated alkanes) is 44. The molecule has 16 nitrogen and oxygen atoms in total. The van der Waals surface area contributed by atoms with Gasteiger partial charge in [0.1, 0.15) is 50.8 Å². The van der Waals surface area contributed by atoms with Gasteiger partial charge in [-0.3, -0.25) is 19.2 Å². The second kappa shape index (κ2) is 91.6. The fourth-order valence-electron chi connectivity index (χ4n) is 10.6. The van der Waals surface area contributed by atoms with Crippen LogP contribution in [-0.2, 0) is 38.1 Å². The molecular formula is C84H160O16. The first-order valence-corrected chi connectivity index (χ1v) is 41.2. The maximum absolute atomic E-state index is 11.4. The highest BCUT2D eigenvalue weighted by atomic mass is 16.6. The Hall–Kier alpha value is -3.48. The van der Waals surface area contributed by atoms with Gasteiger partial charge in [-0.25, -0.2) is 0 Å². The van der Waals surface area contributed by atoms with Crippen LogP contribution in [0.15, 0.2) is 48.6 Å². The maximum Gasteiger partial charge on any atom is 0.305 e. The number of carbonyl (C=O) groups excluding carboxylic acids is 4. The molecule has 0 amide bonds. The third-order valence-electron chi connectivity index (χ3n) is 17.2. The normalized spacial score (nSPS) is 12.6. The monoisotopic (exact) mass is 1430 g/mol. The highest BCUT2D eigenvalue weighted by molar-refractivity contribution is 5.70. The fraction of sp³-hybridized carbons (Fsp3) is 0.857. The van der Waals surface area contributed by atoms with Crippen LogP contribution in [0.1, 0.15) is 387 Å². The Kier molecular flexibility index (Phi) is 94.2. The number of aliphatic hydroxyl groups excluding tert-OH is 8. The Labute approximate surface area is 613 Å². The van der Waals surface area contributed by atoms with Crippen molar-refractivity contribution < 1.29 is 79.0 Å². The van der Waals surface area contributed by atoms with Gasteiger partial charge in [0.25, 0.3) is 0 Å². The number of aliphatic hydroxyl groups is 8. The lowest BCUT2D eigenvalue weighted by molar-refractivity contribution is -0.148. The molecule has 0 aromatic heterocycles. The number of esters is 4. The zero-order valence-corrected chi connectivity index (χ0v) is 65.0. The first-order chi connectivity index (χ1) is 48.8. The van der Waals surface area contributed by atoms with Crippen LogP contribution in [-0.4, -0.2) is 142 Å². The van der Waals surface area contributed by atoms with E-state index in [1.807, 2.05) is 0 Å². The molecular weight excluding hydrogens is 1260 g/mol. The summed E-state index contributed by atoms with van der Waals surface area (Å²) >= 11 is 0. The average molecular weight is 1430 g/mol. The van der Waals surface area contributed by atoms with E-state index in [4.69, 9.17) is 59.8 Å². The lowest BCUT2D eigenvalue weighted by Gasteiger charge is -2.08. The standard InChI is InChI=1S/4C21H40O4/c4*1-2-3-4-5-6-7-8-9-10-11-12-13-14-15-16-17-21(24)25-19-20(23)18-22/h4*9-10,20,22-23H,2-8,11-19H2,1H3/b4*10-9-. The van der Waals surface area contributed by atoms with E-state index in [1.54, 1.807) is 0 Å². The highest BCUT2D eigenvalue weighted by Crippen LogP contribution is 2.16. The van der Waals surface area contributed by atoms with E-state index in [0.29, 0.717) is 25.7 Å². The predicted molar refractivity (Wildman–Crippen MR) is 414 cm³/mol. The summed E-state index contributed by atoms with van der Waals surface area (Å²) < 4.78 is 19.4. The van der Waals surface area contributed by atoms with Gasteiger partial charge in [-0.15, -0.1) is 0 Å². The summed E-state index contributed by atoms with van der Waals surface area (Å²) in [6, 6.07) is 0. The van der Waals surface area contributed by atoms with Gasteiger partial charge in [0.05, 0.1) is 26.4 Å². The van der Waals surface area contributed by atoms with Crippen molar-refractivity contribution in [3.8, 4) is 0 Å². The zero-order valence-electron chi connectivity index (χ0n) is 65.0. The molecule has 0 heterocycles. The van der Waals surface area contributed by atoms with Crippen molar-refractivity contribution in [1.29, 1.82) is 0 Å². The summed E-state index contributed by atoms with van der Waals surface area (Å²) in [5, 5.41) is 70.8. The number of carbonyl (C=O) groups is 4. The molecule has 4 unspecified atom stereocenters. The Balaban J connectivity index is -0.000000614. The van der Waals surface area contributed by atoms with Crippen LogP contribution in [0.2, 0.25) is 0 Å². The Bertz CT molecular complexity index is 1510. The van der Waals surface area contributed by atoms with Gasteiger partial charge in [-0.2, -0.15) is 0 Å². The molecule has 100 heavy (non-hydrogen) atoms. The number of allylic oxidation sites excluding steroid dienone is 8. The largest absolute Gasteiger partial charge is 0.463 e. The molecule has 0 aromatic carbocycles. The van der Waals surface area contributed by atoms with Crippen molar-refractivity contribution in [2.75, 3.05) is 52.9 Å². The minimum atomic E-state index is -0.960. The van der Waals surface area contributed by atoms with Crippen LogP contribution in [0, 0.1) is 0 Å². The Morgan fingerprint density at radius 3 is 0.490 bits per heavy atom. The molecule has 0 rings (SSSR count). The third kappa shape index (κ3) is 96.6. The quantitative estimate of drug-likeness (QED) is 0.0122. The molecule has 592 valence electrons. The fourth-order valence-corrected chi connectivity index (χ4v) is 10.6. The first-order valence-electron chi connectivity index (χ1n) is 41.2. The van der Waals surface area contributed by atoms with Crippen molar-refractivity contribution in [2.24, 2.45) is 0 Å². The molecule has 4 atom stereocenters. The molecule has 0 fully saturated rings. The highest BCUT2D eigenvalue weighted by Gasteiger charge is 2.11. The van der Waals surface area contributed by atoms with Crippen molar-refractivity contribution >= 4 is 23.9 Å². The topological polar surface area (TPSA) is 267 Å². The van der Waals surface area contributed by atoms with E-state index in [0.717, 1.165) is 103 Å². The predicted octanol–water partition coefficient (Wildman–Crippen LogP) is 19.7. The van der Waals surface area contributed by atoms with Crippen molar-refractivity contribution in [3.05, 3.63) is 48.6 Å². The molecule has 0 aliphatic carbocycles. The SMILES string of the molecule is CCCCCCCC/C=C\CCCCCCCC(=O)OCC(O)CO.CCCCCCCC/C=C\CCCCCCCC(=O)OCC(O)CO.CCCCCCCC/C=C\CCCCCCCC(=O)OCC(O)CO.CCCCCCCC/C=C\CCCCCCCC(=O)OCC(O)CO. The molecule has 16 heteroatoms. The van der Waals surface area contributed by atoms with Crippen LogP contribution in [0.4, 0.5) is 0 Å². The minimum Gasteiger partial charge on any atom is -0.463 e. The van der Waals surface area contributed by atoms with Gasteiger partial charge in [0.15, 0.2) is 0 Å². The van der Waals surface area contributed by atoms with Crippen molar-refractivity contribution in [3.63, 3.8) is 0 Å². The Morgan fingerprint density at radius 1 is 0.220 bits per heavy atom. The third-order valence-corrected chi connectivity index (χ3v) is 17.2. The van der Waals surface area contributed by atoms with Gasteiger partial charge in [0, 0.05) is 25.7 Å². The summed E-state index contributed by atoms with van der Waals surface area (Å²) in [5.41, 5.74) is 0. The summed E-state index contributed by atoms with van der Waals surface area (Å²) in [5.74, 6) is -1.15. The zero-order chi connectivity index (χ0) is 74.4. The van der Waals surface area contributed by atoms with E-state index in [-0.39, 0.29) is 76.7 Å². The smallest absolute Gasteiger partial charge is 0.305 e. The van der Waals surface area contributed by atoms with Crippen LogP contribution >= 0.6 is 0 Å². The average Bonchev–Trinajstić information content (AvgIpc) is 3.62. The minimum absolute atomic E-state index is 0.111. The van der Waals surface area contributed by atoms with Gasteiger partial charge in [-0.1, -0.05) is 282 Å². The Morgan fingerprint density at radius 2 is 0.350 bits per heavy atom. The van der Waals surface area contributed by atoms with E-state index in [9.17, 15) is 19.2 Å². The molecule has 0 aliphatic rings. The van der Waals surface area contributed by atoms with E-state index in [1.165, 1.54) is 231 Å². The van der Waals surface area contributed by atoms with Crippen molar-refractivity contribution in [1.82, 2.24) is 0 Å². The molecule has 8 N–H and O–H groups in total. The summed E-state index contributed by atoms with van der Waals surface area (Å²) in [7, 11) is 0. The summed E-state index contributed by atoms with van der Waals surface area (Å²) in [4.78, 5) is 45.5. The van der Waals surface area contributed by atoms with Crippen LogP contribution in [0.3, 0.4) is 0 Å². The van der Waals surface area contributed by atoms with E-state index in [2.05, 4.69) is 76.3 Å². The van der Waals surface area contributed by atoms with Crippen LogP contribution < -0.4 is 0 Å². The molecule has 0 aromatic rings. The maximum atomic E-state index is 11.4. The first kappa shape index (κ1) is 103. The molecule has 0 aliphatic heterocycles. The molecule has 0 saturated heterocycles. The molecule has 0 radical (unpaired) electrons. The van der Waals surface area contributed by atoms with Crippen LogP contribution in [0.25, 0.3) is 0 Å². The number of hydrogen-bond donors (Lipinski definition) is 8. The number of hydrogen-bond acceptors (Lipinski definition) is 16. The van der Waals surface area contributed by atoms with Gasteiger partial charge < -0.3 is 59.8 Å². The molecule has 0 bridgehead atoms.